The molecule has 2 nitrogen and oxygen atoms in total. The summed E-state index contributed by atoms with van der Waals surface area (Å²) in [7, 11) is 5.27. The van der Waals surface area contributed by atoms with Gasteiger partial charge in [0, 0.05) is 0 Å². The van der Waals surface area contributed by atoms with Gasteiger partial charge in [-0.3, -0.25) is 0 Å². The van der Waals surface area contributed by atoms with E-state index in [0.29, 0.717) is 0 Å². The average molecular weight is 110 g/mol. The van der Waals surface area contributed by atoms with Crippen molar-refractivity contribution in [3.05, 3.63) is 12.2 Å². The number of aliphatic hydroxyl groups excluding tert-OH is 2. The Balaban J connectivity index is 2.55. The lowest BCUT2D eigenvalue weighted by molar-refractivity contribution is 0.0616. The maximum atomic E-state index is 8.83. The molecule has 0 aliphatic heterocycles. The molecule has 2 radical (unpaired) electrons. The second kappa shape index (κ2) is 1.92. The summed E-state index contributed by atoms with van der Waals surface area (Å²) in [6.45, 7) is 0. The summed E-state index contributed by atoms with van der Waals surface area (Å²) >= 11 is 0. The maximum Gasteiger partial charge on any atom is 0.0978 e. The molecule has 0 heterocycles. The van der Waals surface area contributed by atoms with Crippen LogP contribution in [-0.2, 0) is 0 Å². The maximum absolute atomic E-state index is 8.83. The Morgan fingerprint density at radius 1 is 1.25 bits per heavy atom. The van der Waals surface area contributed by atoms with Gasteiger partial charge in [0.25, 0.3) is 0 Å². The van der Waals surface area contributed by atoms with Gasteiger partial charge < -0.3 is 10.2 Å². The molecule has 3 heteroatoms. The molecule has 1 aliphatic carbocycles. The molecule has 1 aliphatic rings. The quantitative estimate of drug-likeness (QED) is 0.317. The predicted molar refractivity (Wildman–Crippen MR) is 30.7 cm³/mol. The van der Waals surface area contributed by atoms with E-state index in [4.69, 9.17) is 18.1 Å². The van der Waals surface area contributed by atoms with Crippen LogP contribution in [0.1, 0.15) is 0 Å². The van der Waals surface area contributed by atoms with Gasteiger partial charge in [0.05, 0.1) is 20.1 Å². The van der Waals surface area contributed by atoms with Gasteiger partial charge in [-0.05, 0) is 5.82 Å². The molecule has 0 spiro atoms. The summed E-state index contributed by atoms with van der Waals surface area (Å²) in [6.07, 6.45) is 1.53. The average Bonchev–Trinajstić information content (AvgIpc) is 1.98. The highest BCUT2D eigenvalue weighted by Crippen LogP contribution is 2.19. The molecule has 0 aromatic heterocycles. The normalized spacial score (nSPS) is 45.5. The predicted octanol–water partition coefficient (Wildman–Crippen LogP) is -0.765. The van der Waals surface area contributed by atoms with E-state index in [9.17, 15) is 0 Å². The lowest BCUT2D eigenvalue weighted by atomic mass is 9.85. The molecule has 1 rings (SSSR count). The fraction of sp³-hybridized carbons (Fsp3) is 0.600. The first-order chi connectivity index (χ1) is 3.72. The summed E-state index contributed by atoms with van der Waals surface area (Å²) < 4.78 is 0. The highest BCUT2D eigenvalue weighted by Gasteiger charge is 2.23. The van der Waals surface area contributed by atoms with Crippen LogP contribution in [-0.4, -0.2) is 30.3 Å². The summed E-state index contributed by atoms with van der Waals surface area (Å²) in [5, 5.41) is 17.6. The van der Waals surface area contributed by atoms with Crippen molar-refractivity contribution in [2.45, 2.75) is 18.0 Å². The van der Waals surface area contributed by atoms with Gasteiger partial charge in [-0.1, -0.05) is 12.2 Å². The standard InChI is InChI=1S/C5H7BO2/c6-3-1-2-4(7)5(3)8/h1-5,7-8H. The Morgan fingerprint density at radius 2 is 1.88 bits per heavy atom. The second-order valence-electron chi connectivity index (χ2n) is 1.94. The second-order valence-corrected chi connectivity index (χ2v) is 1.94. The molecule has 0 amide bonds. The molecule has 3 atom stereocenters. The molecule has 0 aromatic carbocycles. The van der Waals surface area contributed by atoms with Gasteiger partial charge >= 0.3 is 0 Å². The van der Waals surface area contributed by atoms with E-state index in [1.807, 2.05) is 0 Å². The zero-order valence-corrected chi connectivity index (χ0v) is 4.36. The van der Waals surface area contributed by atoms with E-state index < -0.39 is 12.2 Å². The number of aliphatic hydroxyl groups is 2. The van der Waals surface area contributed by atoms with Crippen LogP contribution in [0.5, 0.6) is 0 Å². The molecule has 0 fully saturated rings. The third-order valence-corrected chi connectivity index (χ3v) is 1.27. The molecule has 42 valence electrons. The minimum atomic E-state index is -0.796. The van der Waals surface area contributed by atoms with Gasteiger partial charge in [0.2, 0.25) is 0 Å². The highest BCUT2D eigenvalue weighted by atomic mass is 16.3. The van der Waals surface area contributed by atoms with Crippen molar-refractivity contribution in [1.29, 1.82) is 0 Å². The zero-order valence-electron chi connectivity index (χ0n) is 4.36. The Bertz CT molecular complexity index is 101. The van der Waals surface area contributed by atoms with Crippen molar-refractivity contribution in [2.24, 2.45) is 0 Å². The number of hydrogen-bond donors (Lipinski definition) is 2. The van der Waals surface area contributed by atoms with Crippen molar-refractivity contribution >= 4 is 7.85 Å². The highest BCUT2D eigenvalue weighted by molar-refractivity contribution is 6.13. The number of rotatable bonds is 0. The van der Waals surface area contributed by atoms with E-state index >= 15 is 0 Å². The molecular weight excluding hydrogens is 103 g/mol. The Morgan fingerprint density at radius 3 is 2.00 bits per heavy atom. The third kappa shape index (κ3) is 0.789. The van der Waals surface area contributed by atoms with Gasteiger partial charge in [-0.2, -0.15) is 0 Å². The van der Waals surface area contributed by atoms with Crippen LogP contribution in [0.3, 0.4) is 0 Å². The van der Waals surface area contributed by atoms with Crippen LogP contribution in [0.15, 0.2) is 12.2 Å². The van der Waals surface area contributed by atoms with E-state index in [2.05, 4.69) is 0 Å². The fourth-order valence-corrected chi connectivity index (χ4v) is 0.698. The van der Waals surface area contributed by atoms with Gasteiger partial charge in [-0.15, -0.1) is 0 Å². The van der Waals surface area contributed by atoms with Crippen LogP contribution < -0.4 is 0 Å². The van der Waals surface area contributed by atoms with Crippen LogP contribution >= 0.6 is 0 Å². The van der Waals surface area contributed by atoms with Gasteiger partial charge in [0.1, 0.15) is 0 Å². The Kier molecular flexibility index (Phi) is 1.40. The van der Waals surface area contributed by atoms with Crippen molar-refractivity contribution in [3.8, 4) is 0 Å². The van der Waals surface area contributed by atoms with Crippen LogP contribution in [0.2, 0.25) is 5.82 Å². The first kappa shape index (κ1) is 5.85. The smallest absolute Gasteiger partial charge is 0.0978 e. The van der Waals surface area contributed by atoms with Crippen molar-refractivity contribution in [2.75, 3.05) is 0 Å². The van der Waals surface area contributed by atoms with E-state index in [-0.39, 0.29) is 5.82 Å². The summed E-state index contributed by atoms with van der Waals surface area (Å²) in [5.41, 5.74) is 0. The van der Waals surface area contributed by atoms with Crippen molar-refractivity contribution < 1.29 is 10.2 Å². The van der Waals surface area contributed by atoms with Gasteiger partial charge in [0.15, 0.2) is 0 Å². The largest absolute Gasteiger partial charge is 0.390 e. The summed E-state index contributed by atoms with van der Waals surface area (Å²) in [4.78, 5) is 0. The summed E-state index contributed by atoms with van der Waals surface area (Å²) in [5.74, 6) is -0.384. The topological polar surface area (TPSA) is 40.5 Å². The third-order valence-electron chi connectivity index (χ3n) is 1.27. The van der Waals surface area contributed by atoms with Crippen LogP contribution in [0, 0.1) is 0 Å². The van der Waals surface area contributed by atoms with Crippen molar-refractivity contribution in [1.82, 2.24) is 0 Å². The molecule has 8 heavy (non-hydrogen) atoms. The molecule has 3 unspecified atom stereocenters. The Labute approximate surface area is 49.2 Å². The molecular formula is C5H7BO2. The molecule has 0 saturated carbocycles. The van der Waals surface area contributed by atoms with Crippen molar-refractivity contribution in [3.63, 3.8) is 0 Å². The monoisotopic (exact) mass is 110 g/mol. The fourth-order valence-electron chi connectivity index (χ4n) is 0.698. The summed E-state index contributed by atoms with van der Waals surface area (Å²) in [6, 6.07) is 0. The van der Waals surface area contributed by atoms with E-state index in [1.54, 1.807) is 6.08 Å². The molecule has 0 saturated heterocycles. The Hall–Kier alpha value is -0.275. The van der Waals surface area contributed by atoms with Crippen LogP contribution in [0.25, 0.3) is 0 Å². The van der Waals surface area contributed by atoms with E-state index in [0.717, 1.165) is 0 Å². The van der Waals surface area contributed by atoms with Gasteiger partial charge in [-0.25, -0.2) is 0 Å². The first-order valence-electron chi connectivity index (χ1n) is 2.52. The minimum absolute atomic E-state index is 0.384. The molecule has 2 N–H and O–H groups in total. The lowest BCUT2D eigenvalue weighted by Gasteiger charge is -2.10. The van der Waals surface area contributed by atoms with Crippen LogP contribution in [0.4, 0.5) is 0 Å². The number of hydrogen-bond acceptors (Lipinski definition) is 2. The minimum Gasteiger partial charge on any atom is -0.390 e. The zero-order chi connectivity index (χ0) is 6.15. The first-order valence-corrected chi connectivity index (χ1v) is 2.52. The van der Waals surface area contributed by atoms with E-state index in [1.165, 1.54) is 6.08 Å². The molecule has 0 aromatic rings. The SMILES string of the molecule is [B]C1C=CC(O)C1O. The molecule has 0 bridgehead atoms. The lowest BCUT2D eigenvalue weighted by Crippen LogP contribution is -2.22.